The third-order valence-electron chi connectivity index (χ3n) is 6.04. The SMILES string of the molecule is CC(C)(C)OC(=O)CCCOc1cccc(F)c1-c1c(Cl)ccc2c1CC(CN)(c1ccccc1)O2. The summed E-state index contributed by atoms with van der Waals surface area (Å²) in [6.45, 7) is 5.93. The molecule has 0 aromatic heterocycles. The lowest BCUT2D eigenvalue weighted by Gasteiger charge is -2.27. The fourth-order valence-corrected chi connectivity index (χ4v) is 4.74. The molecule has 0 amide bonds. The van der Waals surface area contributed by atoms with E-state index >= 15 is 4.39 Å². The quantitative estimate of drug-likeness (QED) is 0.278. The number of fused-ring (bicyclic) bond motifs is 1. The van der Waals surface area contributed by atoms with Gasteiger partial charge in [-0.25, -0.2) is 4.39 Å². The van der Waals surface area contributed by atoms with Gasteiger partial charge < -0.3 is 19.9 Å². The number of halogens is 2. The number of hydrogen-bond donors (Lipinski definition) is 1. The fraction of sp³-hybridized carbons (Fsp3) is 0.345. The summed E-state index contributed by atoms with van der Waals surface area (Å²) < 4.78 is 33.0. The Morgan fingerprint density at radius 1 is 1.08 bits per heavy atom. The first kappa shape index (κ1) is 26.0. The first-order valence-electron chi connectivity index (χ1n) is 12.0. The van der Waals surface area contributed by atoms with Gasteiger partial charge in [0.25, 0.3) is 0 Å². The standard InChI is InChI=1S/C29H31ClFNO4/c1-28(2,3)36-25(33)13-8-16-34-24-12-7-11-22(31)27(24)26-20-17-29(18-32,19-9-5-4-6-10-19)35-23(20)15-14-21(26)30/h4-7,9-12,14-15H,8,13,16-18,32H2,1-3H3. The molecule has 0 spiro atoms. The molecule has 1 aliphatic heterocycles. The highest BCUT2D eigenvalue weighted by Gasteiger charge is 2.42. The molecule has 7 heteroatoms. The smallest absolute Gasteiger partial charge is 0.306 e. The van der Waals surface area contributed by atoms with Crippen LogP contribution in [0.5, 0.6) is 11.5 Å². The van der Waals surface area contributed by atoms with Crippen molar-refractivity contribution in [2.75, 3.05) is 13.2 Å². The summed E-state index contributed by atoms with van der Waals surface area (Å²) in [5, 5.41) is 0.391. The van der Waals surface area contributed by atoms with Crippen molar-refractivity contribution in [3.8, 4) is 22.6 Å². The number of hydrogen-bond acceptors (Lipinski definition) is 5. The van der Waals surface area contributed by atoms with Crippen LogP contribution in [-0.4, -0.2) is 24.7 Å². The van der Waals surface area contributed by atoms with E-state index in [1.165, 1.54) is 6.07 Å². The second-order valence-electron chi connectivity index (χ2n) is 9.89. The molecular formula is C29H31ClFNO4. The van der Waals surface area contributed by atoms with Crippen LogP contribution in [0.4, 0.5) is 4.39 Å². The number of rotatable bonds is 8. The van der Waals surface area contributed by atoms with Gasteiger partial charge in [0, 0.05) is 35.5 Å². The summed E-state index contributed by atoms with van der Waals surface area (Å²) >= 11 is 6.66. The van der Waals surface area contributed by atoms with Gasteiger partial charge in [0.05, 0.1) is 12.2 Å². The molecule has 0 saturated heterocycles. The molecule has 0 fully saturated rings. The average molecular weight is 512 g/mol. The van der Waals surface area contributed by atoms with E-state index < -0.39 is 17.0 Å². The van der Waals surface area contributed by atoms with E-state index in [4.69, 9.17) is 31.5 Å². The highest BCUT2D eigenvalue weighted by Crippen LogP contribution is 2.49. The van der Waals surface area contributed by atoms with Gasteiger partial charge in [-0.05, 0) is 57.0 Å². The maximum atomic E-state index is 15.3. The third-order valence-corrected chi connectivity index (χ3v) is 6.36. The first-order valence-corrected chi connectivity index (χ1v) is 12.4. The van der Waals surface area contributed by atoms with Crippen molar-refractivity contribution in [1.29, 1.82) is 0 Å². The third kappa shape index (κ3) is 5.50. The molecule has 190 valence electrons. The summed E-state index contributed by atoms with van der Waals surface area (Å²) in [4.78, 5) is 12.0. The molecule has 0 radical (unpaired) electrons. The second-order valence-corrected chi connectivity index (χ2v) is 10.3. The van der Waals surface area contributed by atoms with Crippen molar-refractivity contribution in [2.45, 2.75) is 51.2 Å². The molecule has 3 aromatic rings. The minimum atomic E-state index is -0.775. The summed E-state index contributed by atoms with van der Waals surface area (Å²) in [6, 6.07) is 17.9. The van der Waals surface area contributed by atoms with Gasteiger partial charge in [0.15, 0.2) is 5.60 Å². The Labute approximate surface area is 216 Å². The van der Waals surface area contributed by atoms with Crippen LogP contribution < -0.4 is 15.2 Å². The molecule has 0 saturated carbocycles. The molecule has 36 heavy (non-hydrogen) atoms. The topological polar surface area (TPSA) is 70.8 Å². The van der Waals surface area contributed by atoms with Crippen molar-refractivity contribution in [2.24, 2.45) is 5.73 Å². The predicted molar refractivity (Wildman–Crippen MR) is 139 cm³/mol. The highest BCUT2D eigenvalue weighted by molar-refractivity contribution is 6.33. The van der Waals surface area contributed by atoms with Crippen LogP contribution >= 0.6 is 11.6 Å². The lowest BCUT2D eigenvalue weighted by Crippen LogP contribution is -2.39. The maximum Gasteiger partial charge on any atom is 0.306 e. The maximum absolute atomic E-state index is 15.3. The van der Waals surface area contributed by atoms with E-state index in [0.717, 1.165) is 11.1 Å². The van der Waals surface area contributed by atoms with Crippen LogP contribution in [-0.2, 0) is 21.6 Å². The largest absolute Gasteiger partial charge is 0.493 e. The number of carbonyl (C=O) groups excluding carboxylic acids is 1. The second kappa shape index (κ2) is 10.5. The van der Waals surface area contributed by atoms with E-state index in [2.05, 4.69) is 0 Å². The summed E-state index contributed by atoms with van der Waals surface area (Å²) in [5.41, 5.74) is 7.41. The Bertz CT molecular complexity index is 1240. The van der Waals surface area contributed by atoms with Gasteiger partial charge in [0.2, 0.25) is 0 Å². The van der Waals surface area contributed by atoms with Gasteiger partial charge in [-0.2, -0.15) is 0 Å². The molecule has 1 heterocycles. The van der Waals surface area contributed by atoms with Gasteiger partial charge in [-0.15, -0.1) is 0 Å². The number of benzene rings is 3. The molecule has 1 unspecified atom stereocenters. The fourth-order valence-electron chi connectivity index (χ4n) is 4.47. The molecule has 1 aliphatic rings. The number of nitrogens with two attached hydrogens (primary N) is 1. The zero-order valence-electron chi connectivity index (χ0n) is 20.8. The number of carbonyl (C=O) groups is 1. The van der Waals surface area contributed by atoms with E-state index in [1.807, 2.05) is 51.1 Å². The molecule has 0 aliphatic carbocycles. The predicted octanol–water partition coefficient (Wildman–Crippen LogP) is 6.44. The van der Waals surface area contributed by atoms with Crippen LogP contribution in [0.15, 0.2) is 60.7 Å². The molecule has 1 atom stereocenters. The van der Waals surface area contributed by atoms with E-state index in [1.54, 1.807) is 24.3 Å². The summed E-state index contributed by atoms with van der Waals surface area (Å²) in [5.74, 6) is 0.202. The number of esters is 1. The molecular weight excluding hydrogens is 481 g/mol. The van der Waals surface area contributed by atoms with Crippen LogP contribution in [0.25, 0.3) is 11.1 Å². The Morgan fingerprint density at radius 2 is 1.83 bits per heavy atom. The Morgan fingerprint density at radius 3 is 2.53 bits per heavy atom. The van der Waals surface area contributed by atoms with Crippen LogP contribution in [0.1, 0.15) is 44.7 Å². The minimum Gasteiger partial charge on any atom is -0.493 e. The van der Waals surface area contributed by atoms with Gasteiger partial charge in [-0.1, -0.05) is 48.0 Å². The lowest BCUT2D eigenvalue weighted by atomic mass is 9.86. The van der Waals surface area contributed by atoms with Gasteiger partial charge in [-0.3, -0.25) is 4.79 Å². The molecule has 0 bridgehead atoms. The molecule has 3 aromatic carbocycles. The van der Waals surface area contributed by atoms with E-state index in [-0.39, 0.29) is 31.1 Å². The first-order chi connectivity index (χ1) is 17.1. The zero-order valence-corrected chi connectivity index (χ0v) is 21.5. The van der Waals surface area contributed by atoms with Crippen molar-refractivity contribution in [1.82, 2.24) is 0 Å². The van der Waals surface area contributed by atoms with Crippen molar-refractivity contribution in [3.63, 3.8) is 0 Å². The zero-order chi connectivity index (χ0) is 25.9. The molecule has 5 nitrogen and oxygen atoms in total. The summed E-state index contributed by atoms with van der Waals surface area (Å²) in [6.07, 6.45) is 1.07. The summed E-state index contributed by atoms with van der Waals surface area (Å²) in [7, 11) is 0. The Kier molecular flexibility index (Phi) is 7.57. The van der Waals surface area contributed by atoms with E-state index in [9.17, 15) is 4.79 Å². The average Bonchev–Trinajstić information content (AvgIpc) is 3.22. The van der Waals surface area contributed by atoms with Crippen LogP contribution in [0.2, 0.25) is 5.02 Å². The van der Waals surface area contributed by atoms with Crippen LogP contribution in [0, 0.1) is 5.82 Å². The number of ether oxygens (including phenoxy) is 3. The Hall–Kier alpha value is -3.09. The van der Waals surface area contributed by atoms with Crippen molar-refractivity contribution in [3.05, 3.63) is 82.6 Å². The Balaban J connectivity index is 1.62. The van der Waals surface area contributed by atoms with Gasteiger partial charge in [0.1, 0.15) is 22.9 Å². The van der Waals surface area contributed by atoms with Gasteiger partial charge >= 0.3 is 5.97 Å². The monoisotopic (exact) mass is 511 g/mol. The molecule has 2 N–H and O–H groups in total. The van der Waals surface area contributed by atoms with E-state index in [0.29, 0.717) is 34.9 Å². The molecule has 4 rings (SSSR count). The highest BCUT2D eigenvalue weighted by atomic mass is 35.5. The van der Waals surface area contributed by atoms with Crippen molar-refractivity contribution >= 4 is 17.6 Å². The minimum absolute atomic E-state index is 0.202. The normalized spacial score (nSPS) is 16.8. The lowest BCUT2D eigenvalue weighted by molar-refractivity contribution is -0.155. The van der Waals surface area contributed by atoms with Crippen LogP contribution in [0.3, 0.4) is 0 Å². The van der Waals surface area contributed by atoms with Crippen molar-refractivity contribution < 1.29 is 23.4 Å².